The number of fused-ring (bicyclic) bond motifs is 1. The third-order valence-electron chi connectivity index (χ3n) is 8.14. The molecule has 6 heteroatoms. The SMILES string of the molecule is C=C1c2ccccc2O[Si@](C)([Si]2(C)N(c3ccccc3)CCN2c2ccccc2)N1Cc1ccccc1. The van der Waals surface area contributed by atoms with Crippen molar-refractivity contribution in [3.8, 4) is 5.75 Å². The van der Waals surface area contributed by atoms with Crippen LogP contribution in [0.2, 0.25) is 13.1 Å². The average Bonchev–Trinajstić information content (AvgIpc) is 3.31. The van der Waals surface area contributed by atoms with Gasteiger partial charge in [0.15, 0.2) is 0 Å². The van der Waals surface area contributed by atoms with E-state index in [0.717, 1.165) is 36.6 Å². The van der Waals surface area contributed by atoms with Crippen LogP contribution in [0.3, 0.4) is 0 Å². The summed E-state index contributed by atoms with van der Waals surface area (Å²) in [6, 6.07) is 41.0. The van der Waals surface area contributed by atoms with Crippen molar-refractivity contribution in [3.63, 3.8) is 0 Å². The summed E-state index contributed by atoms with van der Waals surface area (Å²) in [5.74, 6) is 0.965. The van der Waals surface area contributed by atoms with Crippen LogP contribution in [0.4, 0.5) is 11.4 Å². The van der Waals surface area contributed by atoms with Crippen LogP contribution in [-0.2, 0) is 6.54 Å². The van der Waals surface area contributed by atoms with Gasteiger partial charge in [-0.2, -0.15) is 0 Å². The molecule has 2 aliphatic rings. The lowest BCUT2D eigenvalue weighted by atomic mass is 10.1. The first-order valence-corrected chi connectivity index (χ1v) is 18.7. The van der Waals surface area contributed by atoms with E-state index in [1.165, 1.54) is 16.9 Å². The zero-order chi connectivity index (χ0) is 25.5. The number of hydrogen-bond donors (Lipinski definition) is 0. The van der Waals surface area contributed by atoms with Gasteiger partial charge in [-0.25, -0.2) is 0 Å². The van der Waals surface area contributed by atoms with Gasteiger partial charge in [0.25, 0.3) is 0 Å². The first kappa shape index (κ1) is 23.6. The van der Waals surface area contributed by atoms with Gasteiger partial charge < -0.3 is 18.1 Å². The van der Waals surface area contributed by atoms with Gasteiger partial charge in [0, 0.05) is 42.3 Å². The van der Waals surface area contributed by atoms with Crippen molar-refractivity contribution in [3.05, 3.63) is 133 Å². The van der Waals surface area contributed by atoms with Crippen molar-refractivity contribution in [1.29, 1.82) is 0 Å². The van der Waals surface area contributed by atoms with E-state index >= 15 is 0 Å². The van der Waals surface area contributed by atoms with Crippen molar-refractivity contribution >= 4 is 33.0 Å². The van der Waals surface area contributed by atoms with Gasteiger partial charge in [-0.1, -0.05) is 85.4 Å². The lowest BCUT2D eigenvalue weighted by Gasteiger charge is -2.56. The van der Waals surface area contributed by atoms with E-state index < -0.39 is 15.9 Å². The average molecular weight is 520 g/mol. The minimum absolute atomic E-state index is 0.782. The molecular weight excluding hydrogens is 487 g/mol. The monoisotopic (exact) mass is 519 g/mol. The molecular formula is C31H33N3OSi2. The molecule has 0 N–H and O–H groups in total. The molecule has 1 atom stereocenters. The maximum Gasteiger partial charge on any atom is 0.385 e. The summed E-state index contributed by atoms with van der Waals surface area (Å²) in [5.41, 5.74) is 5.99. The second-order valence-electron chi connectivity index (χ2n) is 10.1. The molecule has 0 bridgehead atoms. The van der Waals surface area contributed by atoms with E-state index in [9.17, 15) is 0 Å². The summed E-state index contributed by atoms with van der Waals surface area (Å²) in [4.78, 5) is 0. The Kier molecular flexibility index (Phi) is 5.93. The molecule has 0 amide bonds. The molecule has 0 aromatic heterocycles. The molecule has 0 unspecified atom stereocenters. The number of nitrogens with zero attached hydrogens (tertiary/aromatic N) is 3. The number of benzene rings is 4. The molecule has 1 saturated heterocycles. The molecule has 37 heavy (non-hydrogen) atoms. The molecule has 4 nitrogen and oxygen atoms in total. The Morgan fingerprint density at radius 2 is 1.16 bits per heavy atom. The van der Waals surface area contributed by atoms with Crippen molar-refractivity contribution in [2.45, 2.75) is 19.6 Å². The number of anilines is 2. The number of hydrogen-bond acceptors (Lipinski definition) is 4. The third-order valence-corrected chi connectivity index (χ3v) is 23.1. The van der Waals surface area contributed by atoms with Gasteiger partial charge in [0.1, 0.15) is 5.75 Å². The maximum absolute atomic E-state index is 7.35. The highest BCUT2D eigenvalue weighted by molar-refractivity contribution is 7.41. The Morgan fingerprint density at radius 1 is 0.676 bits per heavy atom. The van der Waals surface area contributed by atoms with Crippen LogP contribution in [0, 0.1) is 0 Å². The highest BCUT2D eigenvalue weighted by atomic mass is 29.3. The molecule has 0 radical (unpaired) electrons. The summed E-state index contributed by atoms with van der Waals surface area (Å²) in [6.07, 6.45) is 0. The fourth-order valence-corrected chi connectivity index (χ4v) is 19.8. The van der Waals surface area contributed by atoms with Crippen molar-refractivity contribution in [2.75, 3.05) is 22.2 Å². The Morgan fingerprint density at radius 3 is 1.73 bits per heavy atom. The van der Waals surface area contributed by atoms with Gasteiger partial charge in [-0.15, -0.1) is 0 Å². The smallest absolute Gasteiger partial charge is 0.385 e. The van der Waals surface area contributed by atoms with Gasteiger partial charge in [-0.3, -0.25) is 0 Å². The minimum atomic E-state index is -2.72. The highest BCUT2D eigenvalue weighted by Gasteiger charge is 2.69. The van der Waals surface area contributed by atoms with Gasteiger partial charge >= 0.3 is 15.9 Å². The summed E-state index contributed by atoms with van der Waals surface area (Å²) < 4.78 is 15.3. The van der Waals surface area contributed by atoms with E-state index in [-0.39, 0.29) is 0 Å². The molecule has 4 aromatic rings. The minimum Gasteiger partial charge on any atom is -0.524 e. The molecule has 6 rings (SSSR count). The molecule has 4 aromatic carbocycles. The first-order valence-electron chi connectivity index (χ1n) is 13.0. The zero-order valence-corrected chi connectivity index (χ0v) is 23.5. The summed E-state index contributed by atoms with van der Waals surface area (Å²) in [5, 5.41) is 0. The standard InChI is InChI=1S/C31H33N3OSi2/c1-26-30-21-13-14-22-31(30)35-37(3,34(26)25-27-15-7-4-8-16-27)36(2)32(28-17-9-5-10-18-28)23-24-33(36)29-19-11-6-12-20-29/h4-22H,1,23-25H2,2-3H3/t37-/m1/s1. The van der Waals surface area contributed by atoms with Crippen LogP contribution in [0.1, 0.15) is 11.1 Å². The first-order chi connectivity index (χ1) is 18.0. The third kappa shape index (κ3) is 3.79. The normalized spacial score (nSPS) is 20.5. The Hall–Kier alpha value is -3.75. The fourth-order valence-electron chi connectivity index (χ4n) is 6.09. The summed E-state index contributed by atoms with van der Waals surface area (Å²) in [6.45, 7) is 12.4. The summed E-state index contributed by atoms with van der Waals surface area (Å²) >= 11 is 0. The van der Waals surface area contributed by atoms with Crippen LogP contribution >= 0.6 is 0 Å². The fraction of sp³-hybridized carbons (Fsp3) is 0.161. The summed E-state index contributed by atoms with van der Waals surface area (Å²) in [7, 11) is -5.25. The Labute approximate surface area is 222 Å². The zero-order valence-electron chi connectivity index (χ0n) is 21.5. The second kappa shape index (κ2) is 9.28. The predicted octanol–water partition coefficient (Wildman–Crippen LogP) is 6.80. The molecule has 0 spiro atoms. The Balaban J connectivity index is 1.56. The maximum atomic E-state index is 7.35. The van der Waals surface area contributed by atoms with Gasteiger partial charge in [0.2, 0.25) is 0 Å². The van der Waals surface area contributed by atoms with E-state index in [2.05, 4.69) is 142 Å². The lowest BCUT2D eigenvalue weighted by molar-refractivity contribution is 0.425. The van der Waals surface area contributed by atoms with Crippen LogP contribution in [-0.4, -0.2) is 33.6 Å². The predicted molar refractivity (Wildman–Crippen MR) is 159 cm³/mol. The van der Waals surface area contributed by atoms with Crippen LogP contribution in [0.15, 0.2) is 122 Å². The van der Waals surface area contributed by atoms with E-state index in [1.54, 1.807) is 0 Å². The number of rotatable bonds is 5. The van der Waals surface area contributed by atoms with Gasteiger partial charge in [-0.05, 0) is 55.1 Å². The lowest BCUT2D eigenvalue weighted by Crippen LogP contribution is -2.83. The van der Waals surface area contributed by atoms with Crippen molar-refractivity contribution in [1.82, 2.24) is 4.57 Å². The molecule has 0 aliphatic carbocycles. The van der Waals surface area contributed by atoms with Crippen molar-refractivity contribution < 1.29 is 4.43 Å². The van der Waals surface area contributed by atoms with E-state index in [4.69, 9.17) is 11.0 Å². The highest BCUT2D eigenvalue weighted by Crippen LogP contribution is 2.47. The quantitative estimate of drug-likeness (QED) is 0.270. The molecule has 186 valence electrons. The number of para-hydroxylation sites is 3. The van der Waals surface area contributed by atoms with Crippen LogP contribution in [0.5, 0.6) is 5.75 Å². The topological polar surface area (TPSA) is 19.0 Å². The molecule has 1 fully saturated rings. The van der Waals surface area contributed by atoms with Gasteiger partial charge in [0.05, 0.1) is 0 Å². The van der Waals surface area contributed by atoms with E-state index in [0.29, 0.717) is 0 Å². The largest absolute Gasteiger partial charge is 0.524 e. The molecule has 2 heterocycles. The van der Waals surface area contributed by atoms with Crippen molar-refractivity contribution in [2.24, 2.45) is 0 Å². The molecule has 0 saturated carbocycles. The van der Waals surface area contributed by atoms with Crippen LogP contribution < -0.4 is 13.6 Å². The van der Waals surface area contributed by atoms with E-state index in [1.807, 2.05) is 0 Å². The van der Waals surface area contributed by atoms with Crippen LogP contribution in [0.25, 0.3) is 5.70 Å². The Bertz CT molecular complexity index is 1350. The molecule has 2 aliphatic heterocycles. The second-order valence-corrected chi connectivity index (χ2v) is 21.6.